The summed E-state index contributed by atoms with van der Waals surface area (Å²) in [7, 11) is 2.08. The number of anilines is 1. The SMILES string of the molecule is CC1CCN(CC(c2ccccc2)N(C)c2ccc(C(N)=O)c(Cl)c2)C1. The minimum Gasteiger partial charge on any atom is -0.366 e. The lowest BCUT2D eigenvalue weighted by Crippen LogP contribution is -2.35. The van der Waals surface area contributed by atoms with E-state index in [1.165, 1.54) is 12.0 Å². The summed E-state index contributed by atoms with van der Waals surface area (Å²) in [6.45, 7) is 5.54. The number of hydrogen-bond acceptors (Lipinski definition) is 3. The number of nitrogens with zero attached hydrogens (tertiary/aromatic N) is 2. The lowest BCUT2D eigenvalue weighted by Gasteiger charge is -2.34. The molecule has 1 saturated heterocycles. The molecule has 0 aromatic heterocycles. The van der Waals surface area contributed by atoms with Crippen LogP contribution < -0.4 is 10.6 Å². The zero-order valence-corrected chi connectivity index (χ0v) is 16.1. The van der Waals surface area contributed by atoms with Gasteiger partial charge in [0.25, 0.3) is 0 Å². The Hall–Kier alpha value is -2.04. The summed E-state index contributed by atoms with van der Waals surface area (Å²) >= 11 is 6.27. The number of rotatable bonds is 6. The van der Waals surface area contributed by atoms with Crippen molar-refractivity contribution in [1.82, 2.24) is 4.90 Å². The van der Waals surface area contributed by atoms with Gasteiger partial charge < -0.3 is 15.5 Å². The van der Waals surface area contributed by atoms with E-state index in [0.29, 0.717) is 10.6 Å². The molecule has 0 radical (unpaired) electrons. The normalized spacial score (nSPS) is 18.7. The molecule has 4 nitrogen and oxygen atoms in total. The summed E-state index contributed by atoms with van der Waals surface area (Å²) in [6.07, 6.45) is 1.25. The minimum absolute atomic E-state index is 0.206. The van der Waals surface area contributed by atoms with Crippen LogP contribution in [0.4, 0.5) is 5.69 Å². The third-order valence-electron chi connectivity index (χ3n) is 5.22. The van der Waals surface area contributed by atoms with Gasteiger partial charge in [-0.05, 0) is 42.6 Å². The topological polar surface area (TPSA) is 49.6 Å². The first-order chi connectivity index (χ1) is 12.5. The van der Waals surface area contributed by atoms with E-state index in [-0.39, 0.29) is 6.04 Å². The first kappa shape index (κ1) is 18.7. The highest BCUT2D eigenvalue weighted by molar-refractivity contribution is 6.34. The molecule has 1 aliphatic heterocycles. The first-order valence-corrected chi connectivity index (χ1v) is 9.43. The molecule has 2 N–H and O–H groups in total. The average Bonchev–Trinajstić information content (AvgIpc) is 3.04. The Morgan fingerprint density at radius 2 is 2.04 bits per heavy atom. The van der Waals surface area contributed by atoms with Gasteiger partial charge in [0.1, 0.15) is 0 Å². The fourth-order valence-corrected chi connectivity index (χ4v) is 3.93. The second kappa shape index (κ2) is 8.11. The molecule has 5 heteroatoms. The van der Waals surface area contributed by atoms with Crippen LogP contribution in [0.2, 0.25) is 5.02 Å². The largest absolute Gasteiger partial charge is 0.366 e. The molecule has 0 saturated carbocycles. The minimum atomic E-state index is -0.505. The number of benzene rings is 2. The Labute approximate surface area is 160 Å². The molecule has 138 valence electrons. The van der Waals surface area contributed by atoms with E-state index in [0.717, 1.165) is 31.2 Å². The van der Waals surface area contributed by atoms with Gasteiger partial charge in [0.2, 0.25) is 5.91 Å². The molecule has 26 heavy (non-hydrogen) atoms. The number of amides is 1. The van der Waals surface area contributed by atoms with Crippen molar-refractivity contribution in [2.75, 3.05) is 31.6 Å². The second-order valence-electron chi connectivity index (χ2n) is 7.22. The van der Waals surface area contributed by atoms with E-state index < -0.39 is 5.91 Å². The lowest BCUT2D eigenvalue weighted by molar-refractivity contribution is 0.100. The van der Waals surface area contributed by atoms with Crippen LogP contribution in [0, 0.1) is 5.92 Å². The quantitative estimate of drug-likeness (QED) is 0.836. The van der Waals surface area contributed by atoms with Crippen molar-refractivity contribution in [1.29, 1.82) is 0 Å². The summed E-state index contributed by atoms with van der Waals surface area (Å²) in [5, 5.41) is 0.392. The molecule has 1 aliphatic rings. The van der Waals surface area contributed by atoms with Crippen molar-refractivity contribution in [3.8, 4) is 0 Å². The molecule has 2 unspecified atom stereocenters. The van der Waals surface area contributed by atoms with Crippen molar-refractivity contribution in [3.63, 3.8) is 0 Å². The van der Waals surface area contributed by atoms with E-state index in [1.54, 1.807) is 6.07 Å². The van der Waals surface area contributed by atoms with Gasteiger partial charge in [-0.15, -0.1) is 0 Å². The molecule has 2 atom stereocenters. The standard InChI is InChI=1S/C21H26ClN3O/c1-15-10-11-25(13-15)14-20(16-6-4-3-5-7-16)24(2)17-8-9-18(21(23)26)19(22)12-17/h3-9,12,15,20H,10-11,13-14H2,1-2H3,(H2,23,26). The van der Waals surface area contributed by atoms with E-state index >= 15 is 0 Å². The predicted molar refractivity (Wildman–Crippen MR) is 108 cm³/mol. The maximum absolute atomic E-state index is 11.4. The van der Waals surface area contributed by atoms with Gasteiger partial charge in [0.15, 0.2) is 0 Å². The number of hydrogen-bond donors (Lipinski definition) is 1. The lowest BCUT2D eigenvalue weighted by atomic mass is 10.0. The molecule has 1 amide bonds. The van der Waals surface area contributed by atoms with Crippen LogP contribution in [-0.4, -0.2) is 37.5 Å². The van der Waals surface area contributed by atoms with Gasteiger partial charge in [-0.25, -0.2) is 0 Å². The third kappa shape index (κ3) is 4.19. The number of halogens is 1. The van der Waals surface area contributed by atoms with Crippen molar-refractivity contribution in [2.45, 2.75) is 19.4 Å². The van der Waals surface area contributed by atoms with Gasteiger partial charge in [-0.2, -0.15) is 0 Å². The predicted octanol–water partition coefficient (Wildman–Crippen LogP) is 3.96. The summed E-state index contributed by atoms with van der Waals surface area (Å²) in [5.41, 5.74) is 7.97. The van der Waals surface area contributed by atoms with Gasteiger partial charge >= 0.3 is 0 Å². The zero-order valence-electron chi connectivity index (χ0n) is 15.4. The van der Waals surface area contributed by atoms with Gasteiger partial charge in [-0.1, -0.05) is 48.9 Å². The number of carbonyl (C=O) groups excluding carboxylic acids is 1. The molecule has 2 aromatic rings. The second-order valence-corrected chi connectivity index (χ2v) is 7.63. The Bertz CT molecular complexity index is 765. The highest BCUT2D eigenvalue weighted by Crippen LogP contribution is 2.31. The highest BCUT2D eigenvalue weighted by Gasteiger charge is 2.25. The van der Waals surface area contributed by atoms with Crippen LogP contribution in [0.3, 0.4) is 0 Å². The molecule has 1 heterocycles. The number of likely N-dealkylation sites (tertiary alicyclic amines) is 1. The maximum atomic E-state index is 11.4. The van der Waals surface area contributed by atoms with Gasteiger partial charge in [0, 0.05) is 25.8 Å². The van der Waals surface area contributed by atoms with Gasteiger partial charge in [-0.3, -0.25) is 4.79 Å². The Kier molecular flexibility index (Phi) is 5.84. The van der Waals surface area contributed by atoms with Crippen molar-refractivity contribution in [3.05, 3.63) is 64.7 Å². The third-order valence-corrected chi connectivity index (χ3v) is 5.53. The molecule has 2 aromatic carbocycles. The van der Waals surface area contributed by atoms with Crippen molar-refractivity contribution >= 4 is 23.2 Å². The Balaban J connectivity index is 1.88. The van der Waals surface area contributed by atoms with Crippen LogP contribution >= 0.6 is 11.6 Å². The van der Waals surface area contributed by atoms with E-state index in [2.05, 4.69) is 48.0 Å². The summed E-state index contributed by atoms with van der Waals surface area (Å²) in [6, 6.07) is 16.2. The van der Waals surface area contributed by atoms with Gasteiger partial charge in [0.05, 0.1) is 16.6 Å². The Morgan fingerprint density at radius 1 is 1.31 bits per heavy atom. The number of carbonyl (C=O) groups is 1. The summed E-state index contributed by atoms with van der Waals surface area (Å²) in [4.78, 5) is 16.2. The number of nitrogens with two attached hydrogens (primary N) is 1. The highest BCUT2D eigenvalue weighted by atomic mass is 35.5. The molecule has 0 bridgehead atoms. The molecule has 0 spiro atoms. The maximum Gasteiger partial charge on any atom is 0.250 e. The smallest absolute Gasteiger partial charge is 0.250 e. The molecule has 1 fully saturated rings. The van der Waals surface area contributed by atoms with Crippen molar-refractivity contribution < 1.29 is 4.79 Å². The molecule has 3 rings (SSSR count). The number of primary amides is 1. The number of likely N-dealkylation sites (N-methyl/N-ethyl adjacent to an activating group) is 1. The van der Waals surface area contributed by atoms with Crippen molar-refractivity contribution in [2.24, 2.45) is 11.7 Å². The first-order valence-electron chi connectivity index (χ1n) is 9.05. The van der Waals surface area contributed by atoms with Crippen LogP contribution in [0.5, 0.6) is 0 Å². The molecular formula is C21H26ClN3O. The van der Waals surface area contributed by atoms with Crippen LogP contribution in [0.15, 0.2) is 48.5 Å². The summed E-state index contributed by atoms with van der Waals surface area (Å²) in [5.74, 6) is 0.246. The average molecular weight is 372 g/mol. The van der Waals surface area contributed by atoms with E-state index in [1.807, 2.05) is 18.2 Å². The summed E-state index contributed by atoms with van der Waals surface area (Å²) < 4.78 is 0. The van der Waals surface area contributed by atoms with Crippen LogP contribution in [0.1, 0.15) is 35.3 Å². The fourth-order valence-electron chi connectivity index (χ4n) is 3.67. The Morgan fingerprint density at radius 3 is 2.62 bits per heavy atom. The monoisotopic (exact) mass is 371 g/mol. The fraction of sp³-hybridized carbons (Fsp3) is 0.381. The zero-order chi connectivity index (χ0) is 18.7. The molecule has 0 aliphatic carbocycles. The van der Waals surface area contributed by atoms with Crippen LogP contribution in [-0.2, 0) is 0 Å². The van der Waals surface area contributed by atoms with E-state index in [9.17, 15) is 4.79 Å². The molecular weight excluding hydrogens is 346 g/mol. The van der Waals surface area contributed by atoms with Crippen LogP contribution in [0.25, 0.3) is 0 Å². The van der Waals surface area contributed by atoms with E-state index in [4.69, 9.17) is 17.3 Å².